The van der Waals surface area contributed by atoms with E-state index in [1.54, 1.807) is 0 Å². The maximum atomic E-state index is 10.5. The molecule has 2 aliphatic rings. The minimum Gasteiger partial charge on any atom is -0.388 e. The third kappa shape index (κ3) is 2.47. The Labute approximate surface area is 110 Å². The smallest absolute Gasteiger partial charge is 0.0818 e. The summed E-state index contributed by atoms with van der Waals surface area (Å²) in [4.78, 5) is 0. The van der Waals surface area contributed by atoms with Gasteiger partial charge in [-0.1, -0.05) is 37.5 Å². The third-order valence-corrected chi connectivity index (χ3v) is 4.81. The van der Waals surface area contributed by atoms with Crippen LogP contribution < -0.4 is 0 Å². The Morgan fingerprint density at radius 3 is 2.39 bits per heavy atom. The molecule has 18 heavy (non-hydrogen) atoms. The zero-order valence-electron chi connectivity index (χ0n) is 11.2. The Hall–Kier alpha value is -0.820. The maximum Gasteiger partial charge on any atom is 0.0818 e. The van der Waals surface area contributed by atoms with Gasteiger partial charge in [-0.15, -0.1) is 0 Å². The fraction of sp³-hybridized carbons (Fsp3) is 0.647. The number of aryl methyl sites for hydroxylation is 2. The summed E-state index contributed by atoms with van der Waals surface area (Å²) in [5, 5.41) is 10.5. The largest absolute Gasteiger partial charge is 0.388 e. The van der Waals surface area contributed by atoms with Crippen LogP contribution in [-0.4, -0.2) is 5.11 Å². The number of aliphatic hydroxyl groups is 1. The molecule has 1 unspecified atom stereocenters. The van der Waals surface area contributed by atoms with Crippen LogP contribution >= 0.6 is 0 Å². The van der Waals surface area contributed by atoms with Crippen LogP contribution in [0.1, 0.15) is 67.7 Å². The molecule has 1 N–H and O–H groups in total. The van der Waals surface area contributed by atoms with E-state index in [2.05, 4.69) is 18.2 Å². The van der Waals surface area contributed by atoms with Crippen molar-refractivity contribution in [3.05, 3.63) is 34.9 Å². The highest BCUT2D eigenvalue weighted by atomic mass is 16.3. The predicted octanol–water partition coefficient (Wildman–Crippen LogP) is 4.18. The van der Waals surface area contributed by atoms with Crippen LogP contribution in [0.25, 0.3) is 0 Å². The SMILES string of the molecule is OC(c1ccc2c(c1)CCCC2)C1CCCCC1. The Morgan fingerprint density at radius 1 is 0.889 bits per heavy atom. The molecule has 1 aromatic rings. The van der Waals surface area contributed by atoms with Crippen molar-refractivity contribution in [1.82, 2.24) is 0 Å². The fourth-order valence-electron chi connectivity index (χ4n) is 3.66. The monoisotopic (exact) mass is 244 g/mol. The lowest BCUT2D eigenvalue weighted by atomic mass is 9.81. The highest BCUT2D eigenvalue weighted by Crippen LogP contribution is 2.35. The van der Waals surface area contributed by atoms with Crippen molar-refractivity contribution in [2.75, 3.05) is 0 Å². The van der Waals surface area contributed by atoms with Gasteiger partial charge in [0, 0.05) is 0 Å². The molecule has 1 nitrogen and oxygen atoms in total. The molecule has 1 fully saturated rings. The Morgan fingerprint density at radius 2 is 1.61 bits per heavy atom. The molecule has 0 saturated heterocycles. The lowest BCUT2D eigenvalue weighted by molar-refractivity contribution is 0.0847. The van der Waals surface area contributed by atoms with Crippen molar-refractivity contribution in [3.63, 3.8) is 0 Å². The maximum absolute atomic E-state index is 10.5. The van der Waals surface area contributed by atoms with Crippen LogP contribution in [0.4, 0.5) is 0 Å². The standard InChI is InChI=1S/C17H24O/c18-17(14-7-2-1-3-8-14)16-11-10-13-6-4-5-9-15(13)12-16/h10-12,14,17-18H,1-9H2. The highest BCUT2D eigenvalue weighted by Gasteiger charge is 2.23. The number of rotatable bonds is 2. The van der Waals surface area contributed by atoms with Crippen LogP contribution in [-0.2, 0) is 12.8 Å². The van der Waals surface area contributed by atoms with Gasteiger partial charge in [0.05, 0.1) is 6.10 Å². The summed E-state index contributed by atoms with van der Waals surface area (Å²) < 4.78 is 0. The summed E-state index contributed by atoms with van der Waals surface area (Å²) in [6.45, 7) is 0. The van der Waals surface area contributed by atoms with Gasteiger partial charge in [-0.25, -0.2) is 0 Å². The van der Waals surface area contributed by atoms with Crippen molar-refractivity contribution in [1.29, 1.82) is 0 Å². The first-order valence-corrected chi connectivity index (χ1v) is 7.64. The van der Waals surface area contributed by atoms with Crippen molar-refractivity contribution in [3.8, 4) is 0 Å². The zero-order chi connectivity index (χ0) is 12.4. The molecule has 0 bridgehead atoms. The number of benzene rings is 1. The first kappa shape index (κ1) is 12.2. The molecular weight excluding hydrogens is 220 g/mol. The van der Waals surface area contributed by atoms with Crippen LogP contribution in [0.5, 0.6) is 0 Å². The Balaban J connectivity index is 1.78. The minimum atomic E-state index is -0.225. The van der Waals surface area contributed by atoms with Gasteiger partial charge in [0.25, 0.3) is 0 Å². The number of hydrogen-bond donors (Lipinski definition) is 1. The first-order chi connectivity index (χ1) is 8.84. The van der Waals surface area contributed by atoms with Crippen LogP contribution in [0.15, 0.2) is 18.2 Å². The van der Waals surface area contributed by atoms with Gasteiger partial charge >= 0.3 is 0 Å². The van der Waals surface area contributed by atoms with E-state index in [0.717, 1.165) is 0 Å². The van der Waals surface area contributed by atoms with Crippen molar-refractivity contribution < 1.29 is 5.11 Å². The van der Waals surface area contributed by atoms with Gasteiger partial charge in [-0.2, -0.15) is 0 Å². The summed E-state index contributed by atoms with van der Waals surface area (Å²) >= 11 is 0. The van der Waals surface area contributed by atoms with E-state index in [1.165, 1.54) is 74.5 Å². The highest BCUT2D eigenvalue weighted by molar-refractivity contribution is 5.35. The molecule has 0 aliphatic heterocycles. The summed E-state index contributed by atoms with van der Waals surface area (Å²) in [5.41, 5.74) is 4.18. The predicted molar refractivity (Wildman–Crippen MR) is 74.6 cm³/mol. The summed E-state index contributed by atoms with van der Waals surface area (Å²) in [7, 11) is 0. The minimum absolute atomic E-state index is 0.225. The van der Waals surface area contributed by atoms with Crippen LogP contribution in [0.3, 0.4) is 0 Å². The fourth-order valence-corrected chi connectivity index (χ4v) is 3.66. The average molecular weight is 244 g/mol. The molecule has 3 rings (SSSR count). The van der Waals surface area contributed by atoms with Gasteiger partial charge in [0.15, 0.2) is 0 Å². The second-order valence-corrected chi connectivity index (χ2v) is 6.08. The number of aliphatic hydroxyl groups excluding tert-OH is 1. The topological polar surface area (TPSA) is 20.2 Å². The van der Waals surface area contributed by atoms with Crippen molar-refractivity contribution >= 4 is 0 Å². The van der Waals surface area contributed by atoms with E-state index in [-0.39, 0.29) is 6.10 Å². The number of fused-ring (bicyclic) bond motifs is 1. The molecule has 0 spiro atoms. The second-order valence-electron chi connectivity index (χ2n) is 6.08. The molecule has 0 aromatic heterocycles. The molecular formula is C17H24O. The number of hydrogen-bond acceptors (Lipinski definition) is 1. The van der Waals surface area contributed by atoms with E-state index in [4.69, 9.17) is 0 Å². The van der Waals surface area contributed by atoms with E-state index in [9.17, 15) is 5.11 Å². The van der Waals surface area contributed by atoms with Crippen molar-refractivity contribution in [2.24, 2.45) is 5.92 Å². The molecule has 1 saturated carbocycles. The summed E-state index contributed by atoms with van der Waals surface area (Å²) in [6, 6.07) is 6.72. The van der Waals surface area contributed by atoms with E-state index < -0.39 is 0 Å². The first-order valence-electron chi connectivity index (χ1n) is 7.64. The molecule has 2 aliphatic carbocycles. The normalized spacial score (nSPS) is 22.5. The van der Waals surface area contributed by atoms with E-state index in [0.29, 0.717) is 5.92 Å². The van der Waals surface area contributed by atoms with Gasteiger partial charge in [-0.3, -0.25) is 0 Å². The van der Waals surface area contributed by atoms with Crippen LogP contribution in [0.2, 0.25) is 0 Å². The van der Waals surface area contributed by atoms with Crippen molar-refractivity contribution in [2.45, 2.75) is 63.9 Å². The van der Waals surface area contributed by atoms with Gasteiger partial charge in [0.2, 0.25) is 0 Å². The quantitative estimate of drug-likeness (QED) is 0.827. The molecule has 0 amide bonds. The molecule has 1 aromatic carbocycles. The van der Waals surface area contributed by atoms with Gasteiger partial charge < -0.3 is 5.11 Å². The van der Waals surface area contributed by atoms with Crippen LogP contribution in [0, 0.1) is 5.92 Å². The molecule has 1 atom stereocenters. The molecule has 1 heteroatoms. The second kappa shape index (κ2) is 5.44. The van der Waals surface area contributed by atoms with E-state index in [1.807, 2.05) is 0 Å². The zero-order valence-corrected chi connectivity index (χ0v) is 11.2. The summed E-state index contributed by atoms with van der Waals surface area (Å²) in [6.07, 6.45) is 11.2. The molecule has 98 valence electrons. The Bertz CT molecular complexity index is 404. The Kier molecular flexibility index (Phi) is 3.69. The van der Waals surface area contributed by atoms with E-state index >= 15 is 0 Å². The van der Waals surface area contributed by atoms with Gasteiger partial charge in [-0.05, 0) is 61.1 Å². The molecule has 0 radical (unpaired) electrons. The lowest BCUT2D eigenvalue weighted by Crippen LogP contribution is -2.16. The lowest BCUT2D eigenvalue weighted by Gasteiger charge is -2.28. The summed E-state index contributed by atoms with van der Waals surface area (Å²) in [5.74, 6) is 0.500. The average Bonchev–Trinajstić information content (AvgIpc) is 2.47. The van der Waals surface area contributed by atoms with Gasteiger partial charge in [0.1, 0.15) is 0 Å². The third-order valence-electron chi connectivity index (χ3n) is 4.81. The molecule has 0 heterocycles.